The van der Waals surface area contributed by atoms with Crippen molar-refractivity contribution in [3.05, 3.63) is 29.8 Å². The Balaban J connectivity index is 1.62. The number of carbonyl (C=O) groups is 1. The number of carbonyl (C=O) groups excluding carboxylic acids is 1. The van der Waals surface area contributed by atoms with Gasteiger partial charge in [0.05, 0.1) is 20.3 Å². The Morgan fingerprint density at radius 2 is 1.80 bits per heavy atom. The van der Waals surface area contributed by atoms with Gasteiger partial charge in [-0.1, -0.05) is 12.1 Å². The summed E-state index contributed by atoms with van der Waals surface area (Å²) in [6.07, 6.45) is 7.58. The summed E-state index contributed by atoms with van der Waals surface area (Å²) in [5.41, 5.74) is 1.15. The van der Waals surface area contributed by atoms with Gasteiger partial charge in [0.2, 0.25) is 5.91 Å². The van der Waals surface area contributed by atoms with Gasteiger partial charge >= 0.3 is 0 Å². The average Bonchev–Trinajstić information content (AvgIpc) is 2.70. The lowest BCUT2D eigenvalue weighted by molar-refractivity contribution is -0.154. The van der Waals surface area contributed by atoms with Crippen molar-refractivity contribution >= 4 is 5.91 Å². The smallest absolute Gasteiger partial charge is 0.237 e. The molecular weight excluding hydrogens is 376 g/mol. The molecule has 0 aromatic heterocycles. The minimum atomic E-state index is 0.0107. The topological polar surface area (TPSA) is 53.0 Å². The van der Waals surface area contributed by atoms with E-state index in [2.05, 4.69) is 35.8 Å². The lowest BCUT2D eigenvalue weighted by atomic mass is 9.52. The van der Waals surface area contributed by atoms with Gasteiger partial charge in [-0.15, -0.1) is 0 Å². The summed E-state index contributed by atoms with van der Waals surface area (Å²) < 4.78 is 5.43. The van der Waals surface area contributed by atoms with Crippen molar-refractivity contribution in [2.75, 3.05) is 26.8 Å². The highest BCUT2D eigenvalue weighted by molar-refractivity contribution is 5.79. The number of rotatable bonds is 9. The number of benzene rings is 1. The van der Waals surface area contributed by atoms with Gasteiger partial charge in [0, 0.05) is 24.7 Å². The number of aliphatic hydroxyl groups is 1. The quantitative estimate of drug-likeness (QED) is 0.670. The van der Waals surface area contributed by atoms with Crippen molar-refractivity contribution in [1.82, 2.24) is 9.80 Å². The highest BCUT2D eigenvalue weighted by Gasteiger charge is 2.54. The summed E-state index contributed by atoms with van der Waals surface area (Å²) in [7, 11) is 1.69. The molecule has 0 unspecified atom stereocenters. The zero-order valence-electron chi connectivity index (χ0n) is 18.8. The third-order valence-corrected chi connectivity index (χ3v) is 7.81. The predicted molar refractivity (Wildman–Crippen MR) is 118 cm³/mol. The molecule has 5 heteroatoms. The van der Waals surface area contributed by atoms with Crippen LogP contribution in [0.2, 0.25) is 0 Å². The number of amides is 1. The summed E-state index contributed by atoms with van der Waals surface area (Å²) in [5, 5.41) is 9.48. The second-order valence-corrected chi connectivity index (χ2v) is 10.3. The summed E-state index contributed by atoms with van der Waals surface area (Å²) in [4.78, 5) is 18.1. The first-order valence-electron chi connectivity index (χ1n) is 11.7. The fourth-order valence-electron chi connectivity index (χ4n) is 6.78. The Hall–Kier alpha value is -1.59. The molecule has 5 nitrogen and oxygen atoms in total. The maximum atomic E-state index is 13.8. The van der Waals surface area contributed by atoms with Crippen LogP contribution in [0.5, 0.6) is 5.75 Å². The SMILES string of the molecule is COc1cccc(CN(C(=O)CN(CCO)C(C)C)C23CC4CC(CC(C4)C2)C3)c1. The van der Waals surface area contributed by atoms with Crippen LogP contribution in [-0.2, 0) is 11.3 Å². The molecule has 1 aromatic rings. The summed E-state index contributed by atoms with van der Waals surface area (Å²) in [6.45, 7) is 5.84. The lowest BCUT2D eigenvalue weighted by Gasteiger charge is -2.60. The third kappa shape index (κ3) is 4.38. The Kier molecular flexibility index (Phi) is 6.40. The van der Waals surface area contributed by atoms with Gasteiger partial charge in [-0.05, 0) is 87.8 Å². The number of methoxy groups -OCH3 is 1. The maximum Gasteiger partial charge on any atom is 0.237 e. The number of hydrogen-bond donors (Lipinski definition) is 1. The highest BCUT2D eigenvalue weighted by atomic mass is 16.5. The summed E-state index contributed by atoms with van der Waals surface area (Å²) >= 11 is 0. The van der Waals surface area contributed by atoms with Gasteiger partial charge in [-0.25, -0.2) is 0 Å². The van der Waals surface area contributed by atoms with Gasteiger partial charge in [0.15, 0.2) is 0 Å². The zero-order valence-corrected chi connectivity index (χ0v) is 18.8. The molecule has 30 heavy (non-hydrogen) atoms. The van der Waals surface area contributed by atoms with E-state index in [4.69, 9.17) is 4.74 Å². The largest absolute Gasteiger partial charge is 0.497 e. The Morgan fingerprint density at radius 1 is 1.17 bits per heavy atom. The molecule has 166 valence electrons. The fourth-order valence-corrected chi connectivity index (χ4v) is 6.78. The number of aliphatic hydroxyl groups excluding tert-OH is 1. The molecule has 1 aromatic carbocycles. The van der Waals surface area contributed by atoms with Crippen LogP contribution in [0.1, 0.15) is 57.9 Å². The van der Waals surface area contributed by atoms with E-state index in [0.717, 1.165) is 48.3 Å². The van der Waals surface area contributed by atoms with E-state index in [1.807, 2.05) is 12.1 Å². The van der Waals surface area contributed by atoms with Crippen LogP contribution < -0.4 is 4.74 Å². The molecule has 4 aliphatic rings. The van der Waals surface area contributed by atoms with Crippen LogP contribution in [0.25, 0.3) is 0 Å². The monoisotopic (exact) mass is 414 g/mol. The molecule has 1 amide bonds. The molecule has 0 aliphatic heterocycles. The van der Waals surface area contributed by atoms with E-state index in [1.165, 1.54) is 19.3 Å². The van der Waals surface area contributed by atoms with E-state index in [1.54, 1.807) is 7.11 Å². The molecule has 4 fully saturated rings. The van der Waals surface area contributed by atoms with Gasteiger partial charge in [-0.3, -0.25) is 9.69 Å². The fraction of sp³-hybridized carbons (Fsp3) is 0.720. The van der Waals surface area contributed by atoms with Gasteiger partial charge in [0.25, 0.3) is 0 Å². The predicted octanol–water partition coefficient (Wildman–Crippen LogP) is 3.70. The van der Waals surface area contributed by atoms with Crippen LogP contribution >= 0.6 is 0 Å². The van der Waals surface area contributed by atoms with Crippen molar-refractivity contribution in [1.29, 1.82) is 0 Å². The van der Waals surface area contributed by atoms with Crippen molar-refractivity contribution in [3.63, 3.8) is 0 Å². The third-order valence-electron chi connectivity index (χ3n) is 7.81. The molecular formula is C25H38N2O3. The molecule has 0 saturated heterocycles. The Labute approximate surface area is 181 Å². The van der Waals surface area contributed by atoms with Crippen LogP contribution in [0.15, 0.2) is 24.3 Å². The van der Waals surface area contributed by atoms with E-state index >= 15 is 0 Å². The first-order valence-corrected chi connectivity index (χ1v) is 11.7. The standard InChI is InChI=1S/C25H38N2O3/c1-18(2)26(7-8-28)17-24(29)27(16-19-5-4-6-23(12-19)30-3)25-13-20-9-21(14-25)11-22(10-20)15-25/h4-6,12,18,20-22,28H,7-11,13-17H2,1-3H3. The summed E-state index contributed by atoms with van der Waals surface area (Å²) in [5.74, 6) is 3.41. The Morgan fingerprint density at radius 3 is 2.33 bits per heavy atom. The lowest BCUT2D eigenvalue weighted by Crippen LogP contribution is -2.62. The normalized spacial score (nSPS) is 29.6. The van der Waals surface area contributed by atoms with Crippen molar-refractivity contribution in [3.8, 4) is 5.75 Å². The molecule has 4 saturated carbocycles. The number of nitrogens with zero attached hydrogens (tertiary/aromatic N) is 2. The van der Waals surface area contributed by atoms with E-state index in [9.17, 15) is 9.90 Å². The maximum absolute atomic E-state index is 13.8. The van der Waals surface area contributed by atoms with Crippen LogP contribution in [0.3, 0.4) is 0 Å². The minimum absolute atomic E-state index is 0.0107. The van der Waals surface area contributed by atoms with Gasteiger partial charge in [0.1, 0.15) is 5.75 Å². The molecule has 0 radical (unpaired) electrons. The Bertz CT molecular complexity index is 712. The number of hydrogen-bond acceptors (Lipinski definition) is 4. The van der Waals surface area contributed by atoms with Crippen molar-refractivity contribution < 1.29 is 14.6 Å². The molecule has 1 N–H and O–H groups in total. The molecule has 0 atom stereocenters. The summed E-state index contributed by atoms with van der Waals surface area (Å²) in [6, 6.07) is 8.38. The second kappa shape index (κ2) is 8.88. The first-order chi connectivity index (χ1) is 14.4. The van der Waals surface area contributed by atoms with Crippen molar-refractivity contribution in [2.24, 2.45) is 17.8 Å². The van der Waals surface area contributed by atoms with Crippen LogP contribution in [-0.4, -0.2) is 59.2 Å². The molecule has 0 heterocycles. The van der Waals surface area contributed by atoms with Crippen LogP contribution in [0.4, 0.5) is 0 Å². The minimum Gasteiger partial charge on any atom is -0.497 e. The molecule has 0 spiro atoms. The molecule has 4 aliphatic carbocycles. The van der Waals surface area contributed by atoms with E-state index in [0.29, 0.717) is 19.6 Å². The zero-order chi connectivity index (χ0) is 21.3. The molecule has 5 rings (SSSR count). The molecule has 4 bridgehead atoms. The van der Waals surface area contributed by atoms with Gasteiger partial charge < -0.3 is 14.7 Å². The van der Waals surface area contributed by atoms with Crippen LogP contribution in [0, 0.1) is 17.8 Å². The first kappa shape index (κ1) is 21.6. The average molecular weight is 415 g/mol. The number of ether oxygens (including phenoxy) is 1. The highest BCUT2D eigenvalue weighted by Crippen LogP contribution is 2.58. The van der Waals surface area contributed by atoms with Gasteiger partial charge in [-0.2, -0.15) is 0 Å². The van der Waals surface area contributed by atoms with Crippen molar-refractivity contribution in [2.45, 2.75) is 70.5 Å². The van der Waals surface area contributed by atoms with E-state index < -0.39 is 0 Å². The second-order valence-electron chi connectivity index (χ2n) is 10.3. The van der Waals surface area contributed by atoms with E-state index in [-0.39, 0.29) is 24.1 Å².